The zero-order valence-electron chi connectivity index (χ0n) is 11.8. The van der Waals surface area contributed by atoms with Crippen molar-refractivity contribution in [2.24, 2.45) is 5.92 Å². The summed E-state index contributed by atoms with van der Waals surface area (Å²) in [5.74, 6) is -0.520. The van der Waals surface area contributed by atoms with E-state index in [9.17, 15) is 9.59 Å². The molecule has 0 radical (unpaired) electrons. The summed E-state index contributed by atoms with van der Waals surface area (Å²) in [6, 6.07) is -0.172. The third-order valence-electron chi connectivity index (χ3n) is 3.15. The number of nitrogens with one attached hydrogen (secondary N) is 1. The minimum atomic E-state index is -0.535. The van der Waals surface area contributed by atoms with Gasteiger partial charge in [0.25, 0.3) is 0 Å². The number of rotatable bonds is 3. The first-order valence-corrected chi connectivity index (χ1v) is 6.63. The molecule has 2 rings (SSSR count). The molecule has 1 heterocycles. The van der Waals surface area contributed by atoms with Gasteiger partial charge in [0.1, 0.15) is 11.7 Å². The molecule has 0 aromatic carbocycles. The van der Waals surface area contributed by atoms with Crippen molar-refractivity contribution in [3.8, 4) is 0 Å². The van der Waals surface area contributed by atoms with Gasteiger partial charge in [-0.2, -0.15) is 0 Å². The van der Waals surface area contributed by atoms with Gasteiger partial charge in [-0.3, -0.25) is 4.79 Å². The van der Waals surface area contributed by atoms with Gasteiger partial charge in [0.05, 0.1) is 24.7 Å². The molecule has 108 valence electrons. The van der Waals surface area contributed by atoms with E-state index in [1.165, 1.54) is 0 Å². The number of esters is 1. The zero-order chi connectivity index (χ0) is 14.2. The normalized spacial score (nSPS) is 32.4. The first-order chi connectivity index (χ1) is 8.81. The molecule has 2 fully saturated rings. The van der Waals surface area contributed by atoms with Crippen LogP contribution < -0.4 is 5.32 Å². The van der Waals surface area contributed by atoms with Crippen LogP contribution in [-0.2, 0) is 19.0 Å². The van der Waals surface area contributed by atoms with E-state index in [2.05, 4.69) is 5.32 Å². The summed E-state index contributed by atoms with van der Waals surface area (Å²) in [7, 11) is 0. The second kappa shape index (κ2) is 5.00. The molecule has 2 aliphatic rings. The van der Waals surface area contributed by atoms with Crippen molar-refractivity contribution in [1.82, 2.24) is 5.32 Å². The van der Waals surface area contributed by atoms with E-state index in [-0.39, 0.29) is 30.1 Å². The Morgan fingerprint density at radius 1 is 1.32 bits per heavy atom. The number of fused-ring (bicyclic) bond motifs is 1. The minimum absolute atomic E-state index is 0.0816. The molecule has 1 saturated carbocycles. The first-order valence-electron chi connectivity index (χ1n) is 6.63. The summed E-state index contributed by atoms with van der Waals surface area (Å²) in [6.45, 7) is 7.54. The van der Waals surface area contributed by atoms with E-state index < -0.39 is 11.7 Å². The van der Waals surface area contributed by atoms with Crippen LogP contribution in [0, 0.1) is 5.92 Å². The molecule has 0 aromatic rings. The first kappa shape index (κ1) is 14.1. The van der Waals surface area contributed by atoms with Gasteiger partial charge in [0.2, 0.25) is 0 Å². The number of alkyl carbamates (subject to hydrolysis) is 1. The third kappa shape index (κ3) is 3.37. The van der Waals surface area contributed by atoms with Crippen molar-refractivity contribution in [3.05, 3.63) is 0 Å². The van der Waals surface area contributed by atoms with Gasteiger partial charge in [-0.25, -0.2) is 4.79 Å². The van der Waals surface area contributed by atoms with E-state index in [0.29, 0.717) is 13.0 Å². The number of hydrogen-bond donors (Lipinski definition) is 1. The lowest BCUT2D eigenvalue weighted by molar-refractivity contribution is -0.149. The molecular weight excluding hydrogens is 250 g/mol. The van der Waals surface area contributed by atoms with Crippen LogP contribution in [0.3, 0.4) is 0 Å². The molecule has 19 heavy (non-hydrogen) atoms. The second-order valence-electron chi connectivity index (χ2n) is 5.91. The SMILES string of the molecule is CCOC(=O)C1CC(NC(=O)OC(C)(C)C)C2OC12. The Morgan fingerprint density at radius 3 is 2.58 bits per heavy atom. The summed E-state index contributed by atoms with van der Waals surface area (Å²) in [5, 5.41) is 2.76. The van der Waals surface area contributed by atoms with Crippen molar-refractivity contribution in [3.63, 3.8) is 0 Å². The Labute approximate surface area is 112 Å². The summed E-state index contributed by atoms with van der Waals surface area (Å²) in [6.07, 6.45) is -0.120. The van der Waals surface area contributed by atoms with E-state index >= 15 is 0 Å². The monoisotopic (exact) mass is 271 g/mol. The van der Waals surface area contributed by atoms with Crippen molar-refractivity contribution in [2.45, 2.75) is 58.0 Å². The maximum absolute atomic E-state index is 11.7. The van der Waals surface area contributed by atoms with E-state index in [0.717, 1.165) is 0 Å². The van der Waals surface area contributed by atoms with Crippen molar-refractivity contribution >= 4 is 12.1 Å². The molecule has 6 heteroatoms. The predicted molar refractivity (Wildman–Crippen MR) is 66.6 cm³/mol. The Kier molecular flexibility index (Phi) is 3.71. The van der Waals surface area contributed by atoms with Crippen LogP contribution in [0.5, 0.6) is 0 Å². The van der Waals surface area contributed by atoms with E-state index in [4.69, 9.17) is 14.2 Å². The van der Waals surface area contributed by atoms with Crippen LogP contribution in [0.2, 0.25) is 0 Å². The average Bonchev–Trinajstić information content (AvgIpc) is 2.95. The van der Waals surface area contributed by atoms with E-state index in [1.807, 2.05) is 0 Å². The lowest BCUT2D eigenvalue weighted by atomic mass is 10.1. The van der Waals surface area contributed by atoms with Crippen molar-refractivity contribution in [2.75, 3.05) is 6.61 Å². The molecule has 1 aliphatic carbocycles. The van der Waals surface area contributed by atoms with Crippen LogP contribution in [0.4, 0.5) is 4.79 Å². The van der Waals surface area contributed by atoms with Crippen molar-refractivity contribution < 1.29 is 23.8 Å². The summed E-state index contributed by atoms with van der Waals surface area (Å²) in [4.78, 5) is 23.4. The van der Waals surface area contributed by atoms with Gasteiger partial charge in [-0.15, -0.1) is 0 Å². The lowest BCUT2D eigenvalue weighted by Crippen LogP contribution is -2.41. The van der Waals surface area contributed by atoms with Gasteiger partial charge in [0.15, 0.2) is 0 Å². The molecular formula is C13H21NO5. The fraction of sp³-hybridized carbons (Fsp3) is 0.846. The van der Waals surface area contributed by atoms with Crippen LogP contribution in [0.15, 0.2) is 0 Å². The molecule has 4 unspecified atom stereocenters. The quantitative estimate of drug-likeness (QED) is 0.617. The van der Waals surface area contributed by atoms with Crippen LogP contribution >= 0.6 is 0 Å². The zero-order valence-corrected chi connectivity index (χ0v) is 11.8. The Bertz CT molecular complexity index is 376. The molecule has 6 nitrogen and oxygen atoms in total. The Hall–Kier alpha value is -1.30. The Morgan fingerprint density at radius 2 is 2.00 bits per heavy atom. The summed E-state index contributed by atoms with van der Waals surface area (Å²) < 4.78 is 15.6. The van der Waals surface area contributed by atoms with Gasteiger partial charge in [0, 0.05) is 0 Å². The number of hydrogen-bond acceptors (Lipinski definition) is 5. The van der Waals surface area contributed by atoms with Gasteiger partial charge in [-0.05, 0) is 34.1 Å². The number of carbonyl (C=O) groups is 2. The van der Waals surface area contributed by atoms with E-state index in [1.54, 1.807) is 27.7 Å². The summed E-state index contributed by atoms with van der Waals surface area (Å²) in [5.41, 5.74) is -0.535. The van der Waals surface area contributed by atoms with Gasteiger partial charge < -0.3 is 19.5 Å². The number of amides is 1. The number of carbonyl (C=O) groups excluding carboxylic acids is 2. The maximum Gasteiger partial charge on any atom is 0.407 e. The van der Waals surface area contributed by atoms with Crippen LogP contribution in [0.25, 0.3) is 0 Å². The number of ether oxygens (including phenoxy) is 3. The smallest absolute Gasteiger partial charge is 0.407 e. The highest BCUT2D eigenvalue weighted by molar-refractivity contribution is 5.75. The average molecular weight is 271 g/mol. The molecule has 0 bridgehead atoms. The highest BCUT2D eigenvalue weighted by Crippen LogP contribution is 2.43. The minimum Gasteiger partial charge on any atom is -0.466 e. The highest BCUT2D eigenvalue weighted by Gasteiger charge is 2.60. The predicted octanol–water partition coefficient (Wildman–Crippen LogP) is 1.23. The Balaban J connectivity index is 1.84. The molecule has 4 atom stereocenters. The van der Waals surface area contributed by atoms with Crippen molar-refractivity contribution in [1.29, 1.82) is 0 Å². The molecule has 0 aromatic heterocycles. The highest BCUT2D eigenvalue weighted by atomic mass is 16.6. The fourth-order valence-electron chi connectivity index (χ4n) is 2.41. The second-order valence-corrected chi connectivity index (χ2v) is 5.91. The maximum atomic E-state index is 11.7. The molecule has 1 saturated heterocycles. The lowest BCUT2D eigenvalue weighted by Gasteiger charge is -2.22. The summed E-state index contributed by atoms with van der Waals surface area (Å²) >= 11 is 0. The van der Waals surface area contributed by atoms with Crippen LogP contribution in [-0.4, -0.2) is 42.5 Å². The van der Waals surface area contributed by atoms with Crippen LogP contribution in [0.1, 0.15) is 34.1 Å². The number of epoxide rings is 1. The molecule has 1 aliphatic heterocycles. The molecule has 1 amide bonds. The molecule has 1 N–H and O–H groups in total. The third-order valence-corrected chi connectivity index (χ3v) is 3.15. The topological polar surface area (TPSA) is 77.2 Å². The van der Waals surface area contributed by atoms with Gasteiger partial charge in [-0.1, -0.05) is 0 Å². The largest absolute Gasteiger partial charge is 0.466 e. The molecule has 0 spiro atoms. The van der Waals surface area contributed by atoms with Gasteiger partial charge >= 0.3 is 12.1 Å². The standard InChI is InChI=1S/C13H21NO5/c1-5-17-11(15)7-6-8(10-9(7)18-10)14-12(16)19-13(2,3)4/h7-10H,5-6H2,1-4H3,(H,14,16). The fourth-order valence-corrected chi connectivity index (χ4v) is 2.41.